The Morgan fingerprint density at radius 3 is 2.84 bits per heavy atom. The predicted octanol–water partition coefficient (Wildman–Crippen LogP) is 3.35. The molecule has 1 N–H and O–H groups in total. The summed E-state index contributed by atoms with van der Waals surface area (Å²) in [6, 6.07) is 2.49. The van der Waals surface area contributed by atoms with Crippen molar-refractivity contribution in [3.8, 4) is 0 Å². The smallest absolute Gasteiger partial charge is 0.154 e. The molecule has 0 saturated heterocycles. The van der Waals surface area contributed by atoms with Crippen molar-refractivity contribution in [1.82, 2.24) is 14.5 Å². The van der Waals surface area contributed by atoms with Crippen LogP contribution in [0.2, 0.25) is 0 Å². The maximum absolute atomic E-state index is 4.47. The van der Waals surface area contributed by atoms with E-state index in [1.54, 1.807) is 0 Å². The molecule has 1 fully saturated rings. The number of aryl methyl sites for hydroxylation is 1. The third-order valence-corrected chi connectivity index (χ3v) is 4.36. The van der Waals surface area contributed by atoms with Crippen molar-refractivity contribution >= 4 is 16.9 Å². The fourth-order valence-corrected chi connectivity index (χ4v) is 3.14. The van der Waals surface area contributed by atoms with Crippen molar-refractivity contribution in [3.05, 3.63) is 18.6 Å². The zero-order chi connectivity index (χ0) is 13.2. The van der Waals surface area contributed by atoms with E-state index in [-0.39, 0.29) is 0 Å². The standard InChI is InChI=1S/C15H22N4/c1-11(12-6-4-3-5-7-12)18-15-14-13(8-9-16-15)19(2)10-17-14/h8-12H,3-7H2,1-2H3,(H,16,18). The van der Waals surface area contributed by atoms with Crippen LogP contribution in [0.25, 0.3) is 11.0 Å². The molecule has 0 aromatic carbocycles. The first-order valence-electron chi connectivity index (χ1n) is 7.28. The van der Waals surface area contributed by atoms with Crippen LogP contribution < -0.4 is 5.32 Å². The number of nitrogens with one attached hydrogen (secondary N) is 1. The molecule has 3 rings (SSSR count). The molecule has 0 spiro atoms. The zero-order valence-corrected chi connectivity index (χ0v) is 11.8. The van der Waals surface area contributed by atoms with Crippen molar-refractivity contribution < 1.29 is 0 Å². The molecule has 1 aliphatic carbocycles. The molecule has 0 radical (unpaired) electrons. The third kappa shape index (κ3) is 2.44. The lowest BCUT2D eigenvalue weighted by molar-refractivity contribution is 0.328. The summed E-state index contributed by atoms with van der Waals surface area (Å²) in [5.41, 5.74) is 2.11. The van der Waals surface area contributed by atoms with Gasteiger partial charge in [-0.2, -0.15) is 0 Å². The average molecular weight is 258 g/mol. The summed E-state index contributed by atoms with van der Waals surface area (Å²) in [7, 11) is 2.02. The van der Waals surface area contributed by atoms with E-state index >= 15 is 0 Å². The topological polar surface area (TPSA) is 42.7 Å². The minimum Gasteiger partial charge on any atom is -0.365 e. The van der Waals surface area contributed by atoms with Gasteiger partial charge in [-0.15, -0.1) is 0 Å². The fraction of sp³-hybridized carbons (Fsp3) is 0.600. The summed E-state index contributed by atoms with van der Waals surface area (Å²) in [4.78, 5) is 8.92. The Labute approximate surface area is 114 Å². The van der Waals surface area contributed by atoms with E-state index in [1.165, 1.54) is 32.1 Å². The highest BCUT2D eigenvalue weighted by Gasteiger charge is 2.21. The Balaban J connectivity index is 1.80. The molecule has 1 aliphatic rings. The van der Waals surface area contributed by atoms with Gasteiger partial charge < -0.3 is 9.88 Å². The SMILES string of the molecule is CC(Nc1nccc2c1ncn2C)C1CCCCC1. The van der Waals surface area contributed by atoms with Crippen molar-refractivity contribution in [1.29, 1.82) is 0 Å². The number of imidazole rings is 1. The third-order valence-electron chi connectivity index (χ3n) is 4.36. The maximum Gasteiger partial charge on any atom is 0.154 e. The number of rotatable bonds is 3. The predicted molar refractivity (Wildman–Crippen MR) is 78.2 cm³/mol. The second-order valence-electron chi connectivity index (χ2n) is 5.71. The molecule has 1 unspecified atom stereocenters. The van der Waals surface area contributed by atoms with Crippen molar-refractivity contribution in [2.45, 2.75) is 45.1 Å². The molecule has 1 saturated carbocycles. The summed E-state index contributed by atoms with van der Waals surface area (Å²) in [6.45, 7) is 2.28. The Bertz CT molecular complexity index is 554. The molecule has 4 nitrogen and oxygen atoms in total. The van der Waals surface area contributed by atoms with Crippen LogP contribution in [-0.4, -0.2) is 20.6 Å². The van der Waals surface area contributed by atoms with Crippen LogP contribution in [0.15, 0.2) is 18.6 Å². The van der Waals surface area contributed by atoms with Crippen LogP contribution in [-0.2, 0) is 7.05 Å². The molecule has 0 bridgehead atoms. The number of hydrogen-bond acceptors (Lipinski definition) is 3. The second-order valence-corrected chi connectivity index (χ2v) is 5.71. The van der Waals surface area contributed by atoms with Crippen LogP contribution in [0.5, 0.6) is 0 Å². The highest BCUT2D eigenvalue weighted by molar-refractivity contribution is 5.85. The minimum atomic E-state index is 0.473. The number of nitrogens with zero attached hydrogens (tertiary/aromatic N) is 3. The number of hydrogen-bond donors (Lipinski definition) is 1. The lowest BCUT2D eigenvalue weighted by Gasteiger charge is -2.28. The molecular weight excluding hydrogens is 236 g/mol. The highest BCUT2D eigenvalue weighted by atomic mass is 15.1. The van der Waals surface area contributed by atoms with Crippen LogP contribution in [0.1, 0.15) is 39.0 Å². The summed E-state index contributed by atoms with van der Waals surface area (Å²) < 4.78 is 2.04. The largest absolute Gasteiger partial charge is 0.365 e. The first-order chi connectivity index (χ1) is 9.25. The van der Waals surface area contributed by atoms with Gasteiger partial charge in [-0.25, -0.2) is 9.97 Å². The number of aromatic nitrogens is 3. The van der Waals surface area contributed by atoms with E-state index in [0.29, 0.717) is 6.04 Å². The number of pyridine rings is 1. The van der Waals surface area contributed by atoms with Gasteiger partial charge >= 0.3 is 0 Å². The zero-order valence-electron chi connectivity index (χ0n) is 11.8. The second kappa shape index (κ2) is 5.19. The molecule has 2 aromatic rings. The van der Waals surface area contributed by atoms with Gasteiger partial charge in [-0.05, 0) is 31.7 Å². The monoisotopic (exact) mass is 258 g/mol. The molecule has 0 aliphatic heterocycles. The first kappa shape index (κ1) is 12.5. The Hall–Kier alpha value is -1.58. The number of anilines is 1. The quantitative estimate of drug-likeness (QED) is 0.918. The Morgan fingerprint density at radius 2 is 2.05 bits per heavy atom. The molecule has 2 heterocycles. The summed E-state index contributed by atoms with van der Waals surface area (Å²) in [5, 5.41) is 3.58. The van der Waals surface area contributed by atoms with Gasteiger partial charge in [0.25, 0.3) is 0 Å². The van der Waals surface area contributed by atoms with E-state index < -0.39 is 0 Å². The van der Waals surface area contributed by atoms with Crippen LogP contribution in [0.4, 0.5) is 5.82 Å². The maximum atomic E-state index is 4.47. The molecule has 19 heavy (non-hydrogen) atoms. The van der Waals surface area contributed by atoms with E-state index in [4.69, 9.17) is 0 Å². The van der Waals surface area contributed by atoms with E-state index in [9.17, 15) is 0 Å². The van der Waals surface area contributed by atoms with E-state index in [2.05, 4.69) is 22.2 Å². The van der Waals surface area contributed by atoms with E-state index in [1.807, 2.05) is 30.2 Å². The summed E-state index contributed by atoms with van der Waals surface area (Å²) in [6.07, 6.45) is 10.5. The molecular formula is C15H22N4. The van der Waals surface area contributed by atoms with Crippen LogP contribution in [0, 0.1) is 5.92 Å². The van der Waals surface area contributed by atoms with Gasteiger partial charge in [0, 0.05) is 19.3 Å². The molecule has 2 aromatic heterocycles. The van der Waals surface area contributed by atoms with Gasteiger partial charge in [-0.3, -0.25) is 0 Å². The lowest BCUT2D eigenvalue weighted by Crippen LogP contribution is -2.28. The van der Waals surface area contributed by atoms with Gasteiger partial charge in [0.15, 0.2) is 5.82 Å². The van der Waals surface area contributed by atoms with Crippen molar-refractivity contribution in [2.75, 3.05) is 5.32 Å². The molecule has 102 valence electrons. The Kier molecular flexibility index (Phi) is 3.40. The normalized spacial score (nSPS) is 18.6. The molecule has 4 heteroatoms. The van der Waals surface area contributed by atoms with Gasteiger partial charge in [0.1, 0.15) is 5.52 Å². The lowest BCUT2D eigenvalue weighted by atomic mass is 9.84. The van der Waals surface area contributed by atoms with Gasteiger partial charge in [-0.1, -0.05) is 19.3 Å². The minimum absolute atomic E-state index is 0.473. The van der Waals surface area contributed by atoms with Crippen molar-refractivity contribution in [3.63, 3.8) is 0 Å². The van der Waals surface area contributed by atoms with E-state index in [0.717, 1.165) is 22.8 Å². The molecule has 0 amide bonds. The highest BCUT2D eigenvalue weighted by Crippen LogP contribution is 2.29. The van der Waals surface area contributed by atoms with Gasteiger partial charge in [0.05, 0.1) is 11.8 Å². The summed E-state index contributed by atoms with van der Waals surface area (Å²) in [5.74, 6) is 1.70. The Morgan fingerprint density at radius 1 is 1.26 bits per heavy atom. The summed E-state index contributed by atoms with van der Waals surface area (Å²) >= 11 is 0. The number of fused-ring (bicyclic) bond motifs is 1. The average Bonchev–Trinajstić information content (AvgIpc) is 2.83. The van der Waals surface area contributed by atoms with Crippen molar-refractivity contribution in [2.24, 2.45) is 13.0 Å². The van der Waals surface area contributed by atoms with Crippen LogP contribution in [0.3, 0.4) is 0 Å². The van der Waals surface area contributed by atoms with Gasteiger partial charge in [0.2, 0.25) is 0 Å². The fourth-order valence-electron chi connectivity index (χ4n) is 3.14. The molecule has 1 atom stereocenters. The first-order valence-corrected chi connectivity index (χ1v) is 7.28. The van der Waals surface area contributed by atoms with Crippen LogP contribution >= 0.6 is 0 Å².